The lowest BCUT2D eigenvalue weighted by atomic mass is 9.98. The molecule has 0 N–H and O–H groups in total. The topological polar surface area (TPSA) is 93.9 Å². The Hall–Kier alpha value is -2.19. The Morgan fingerprint density at radius 3 is 2.54 bits per heavy atom. The minimum atomic E-state index is -3.23. The van der Waals surface area contributed by atoms with E-state index < -0.39 is 15.6 Å². The third kappa shape index (κ3) is 3.84. The lowest BCUT2D eigenvalue weighted by molar-refractivity contribution is -0.151. The number of hydrogen-bond acceptors (Lipinski definition) is 6. The highest BCUT2D eigenvalue weighted by atomic mass is 32.2. The second kappa shape index (κ2) is 7.33. The number of piperidine rings is 1. The van der Waals surface area contributed by atoms with E-state index in [-0.39, 0.29) is 18.5 Å². The molecule has 1 saturated heterocycles. The van der Waals surface area contributed by atoms with Crippen molar-refractivity contribution in [3.63, 3.8) is 0 Å². The van der Waals surface area contributed by atoms with Gasteiger partial charge >= 0.3 is 11.6 Å². The number of carbonyl (C=O) groups is 1. The van der Waals surface area contributed by atoms with Crippen LogP contribution < -0.4 is 5.63 Å². The predicted molar refractivity (Wildman–Crippen MR) is 103 cm³/mol. The molecule has 1 aliphatic heterocycles. The fraction of sp³-hybridized carbons (Fsp3) is 0.500. The minimum Gasteiger partial charge on any atom is -0.461 e. The highest BCUT2D eigenvalue weighted by molar-refractivity contribution is 7.88. The predicted octanol–water partition coefficient (Wildman–Crippen LogP) is 2.00. The lowest BCUT2D eigenvalue weighted by Crippen LogP contribution is -2.40. The third-order valence-corrected chi connectivity index (χ3v) is 6.97. The minimum absolute atomic E-state index is 0.00596. The Bertz CT molecular complexity index is 1080. The number of rotatable bonds is 4. The van der Waals surface area contributed by atoms with Crippen LogP contribution in [0.3, 0.4) is 0 Å². The van der Waals surface area contributed by atoms with Crippen LogP contribution in [0, 0.1) is 5.92 Å². The van der Waals surface area contributed by atoms with Gasteiger partial charge in [-0.2, -0.15) is 0 Å². The maximum Gasteiger partial charge on any atom is 0.336 e. The highest BCUT2D eigenvalue weighted by Crippen LogP contribution is 2.29. The van der Waals surface area contributed by atoms with E-state index in [2.05, 4.69) is 0 Å². The van der Waals surface area contributed by atoms with Gasteiger partial charge in [0.05, 0.1) is 12.2 Å². The molecular weight excluding hydrogens is 382 g/mol. The van der Waals surface area contributed by atoms with E-state index in [4.69, 9.17) is 9.15 Å². The fourth-order valence-corrected chi connectivity index (χ4v) is 4.98. The van der Waals surface area contributed by atoms with Crippen molar-refractivity contribution in [2.75, 3.05) is 19.3 Å². The lowest BCUT2D eigenvalue weighted by Gasteiger charge is -2.28. The van der Waals surface area contributed by atoms with Crippen molar-refractivity contribution >= 4 is 27.0 Å². The van der Waals surface area contributed by atoms with E-state index >= 15 is 0 Å². The van der Waals surface area contributed by atoms with E-state index in [9.17, 15) is 18.0 Å². The summed E-state index contributed by atoms with van der Waals surface area (Å²) in [6.07, 6.45) is 5.14. The molecule has 4 rings (SSSR count). The second-order valence-corrected chi connectivity index (χ2v) is 9.59. The van der Waals surface area contributed by atoms with Gasteiger partial charge in [0.1, 0.15) is 12.2 Å². The molecule has 7 nitrogen and oxygen atoms in total. The molecule has 0 atom stereocenters. The van der Waals surface area contributed by atoms with Gasteiger partial charge in [-0.15, -0.1) is 0 Å². The first-order chi connectivity index (χ1) is 13.3. The summed E-state index contributed by atoms with van der Waals surface area (Å²) in [5.74, 6) is -0.677. The Morgan fingerprint density at radius 2 is 1.86 bits per heavy atom. The molecular formula is C20H23NO6S. The molecule has 1 aliphatic carbocycles. The summed E-state index contributed by atoms with van der Waals surface area (Å²) in [5.41, 5.74) is 3.17. The molecule has 2 aromatic rings. The highest BCUT2D eigenvalue weighted by Gasteiger charge is 2.30. The van der Waals surface area contributed by atoms with Gasteiger partial charge in [-0.1, -0.05) is 0 Å². The van der Waals surface area contributed by atoms with Gasteiger partial charge < -0.3 is 9.15 Å². The summed E-state index contributed by atoms with van der Waals surface area (Å²) < 4.78 is 35.4. The molecule has 0 amide bonds. The second-order valence-electron chi connectivity index (χ2n) is 7.61. The van der Waals surface area contributed by atoms with Crippen LogP contribution in [0.25, 0.3) is 11.0 Å². The van der Waals surface area contributed by atoms with Crippen molar-refractivity contribution < 1.29 is 22.4 Å². The Kier molecular flexibility index (Phi) is 5.01. The van der Waals surface area contributed by atoms with Crippen LogP contribution in [0.5, 0.6) is 0 Å². The third-order valence-electron chi connectivity index (χ3n) is 5.67. The van der Waals surface area contributed by atoms with E-state index in [1.807, 2.05) is 12.1 Å². The van der Waals surface area contributed by atoms with E-state index in [1.54, 1.807) is 0 Å². The summed E-state index contributed by atoms with van der Waals surface area (Å²) in [6.45, 7) is 0.650. The van der Waals surface area contributed by atoms with Crippen LogP contribution in [-0.4, -0.2) is 38.0 Å². The molecule has 0 radical (unpaired) electrons. The number of carbonyl (C=O) groups excluding carboxylic acids is 1. The summed E-state index contributed by atoms with van der Waals surface area (Å²) >= 11 is 0. The average molecular weight is 405 g/mol. The summed E-state index contributed by atoms with van der Waals surface area (Å²) in [5, 5.41) is 0.806. The van der Waals surface area contributed by atoms with Crippen molar-refractivity contribution in [1.29, 1.82) is 0 Å². The summed E-state index contributed by atoms with van der Waals surface area (Å²) in [7, 11) is -3.23. The van der Waals surface area contributed by atoms with Crippen LogP contribution >= 0.6 is 0 Å². The number of esters is 1. The first kappa shape index (κ1) is 19.1. The maximum absolute atomic E-state index is 12.4. The molecule has 2 aliphatic rings. The van der Waals surface area contributed by atoms with Crippen molar-refractivity contribution in [2.24, 2.45) is 5.92 Å². The van der Waals surface area contributed by atoms with Crippen molar-refractivity contribution in [1.82, 2.24) is 4.31 Å². The van der Waals surface area contributed by atoms with Gasteiger partial charge in [0.2, 0.25) is 10.0 Å². The zero-order chi connectivity index (χ0) is 19.9. The number of benzene rings is 1. The number of fused-ring (bicyclic) bond motifs is 2. The summed E-state index contributed by atoms with van der Waals surface area (Å²) in [4.78, 5) is 24.4. The van der Waals surface area contributed by atoms with Gasteiger partial charge in [-0.3, -0.25) is 4.79 Å². The van der Waals surface area contributed by atoms with Gasteiger partial charge in [0.25, 0.3) is 0 Å². The van der Waals surface area contributed by atoms with Crippen LogP contribution in [0.4, 0.5) is 0 Å². The normalized spacial score (nSPS) is 18.3. The Morgan fingerprint density at radius 1 is 1.18 bits per heavy atom. The van der Waals surface area contributed by atoms with Crippen LogP contribution in [0.2, 0.25) is 0 Å². The molecule has 1 fully saturated rings. The smallest absolute Gasteiger partial charge is 0.336 e. The van der Waals surface area contributed by atoms with E-state index in [0.717, 1.165) is 24.6 Å². The summed E-state index contributed by atoms with van der Waals surface area (Å²) in [6, 6.07) is 5.34. The average Bonchev–Trinajstić information content (AvgIpc) is 3.11. The molecule has 0 saturated carbocycles. The zero-order valence-electron chi connectivity index (χ0n) is 15.8. The van der Waals surface area contributed by atoms with Gasteiger partial charge in [0.15, 0.2) is 0 Å². The molecule has 2 heterocycles. The van der Waals surface area contributed by atoms with E-state index in [0.29, 0.717) is 37.1 Å². The number of ether oxygens (including phenoxy) is 1. The first-order valence-electron chi connectivity index (χ1n) is 9.51. The molecule has 0 bridgehead atoms. The largest absolute Gasteiger partial charge is 0.461 e. The van der Waals surface area contributed by atoms with Crippen molar-refractivity contribution in [3.05, 3.63) is 45.3 Å². The molecule has 1 aromatic heterocycles. The standard InChI is InChI=1S/C20H23NO6S/c1-28(24,25)21-7-5-13(6-8-21)20(23)26-12-16-11-19(22)27-18-10-15-4-2-3-14(15)9-17(16)18/h9-11,13H,2-8,12H2,1H3. The van der Waals surface area contributed by atoms with Crippen LogP contribution in [-0.2, 0) is 39.0 Å². The quantitative estimate of drug-likeness (QED) is 0.570. The first-order valence-corrected chi connectivity index (χ1v) is 11.4. The van der Waals surface area contributed by atoms with Crippen molar-refractivity contribution in [2.45, 2.75) is 38.7 Å². The Labute approximate surface area is 163 Å². The Balaban J connectivity index is 1.47. The number of hydrogen-bond donors (Lipinski definition) is 0. The van der Waals surface area contributed by atoms with Gasteiger partial charge in [-0.25, -0.2) is 17.5 Å². The number of aryl methyl sites for hydroxylation is 2. The fourth-order valence-electron chi connectivity index (χ4n) is 4.10. The number of sulfonamides is 1. The number of nitrogens with zero attached hydrogens (tertiary/aromatic N) is 1. The molecule has 0 unspecified atom stereocenters. The molecule has 0 spiro atoms. The van der Waals surface area contributed by atoms with Crippen LogP contribution in [0.15, 0.2) is 27.4 Å². The molecule has 150 valence electrons. The SMILES string of the molecule is CS(=O)(=O)N1CCC(C(=O)OCc2cc(=O)oc3cc4c(cc23)CCC4)CC1. The zero-order valence-corrected chi connectivity index (χ0v) is 16.6. The molecule has 1 aromatic carbocycles. The van der Waals surface area contributed by atoms with Gasteiger partial charge in [-0.05, 0) is 55.4 Å². The van der Waals surface area contributed by atoms with Gasteiger partial charge in [0, 0.05) is 30.1 Å². The monoisotopic (exact) mass is 405 g/mol. The van der Waals surface area contributed by atoms with Crippen LogP contribution in [0.1, 0.15) is 36.0 Å². The van der Waals surface area contributed by atoms with E-state index in [1.165, 1.54) is 27.8 Å². The maximum atomic E-state index is 12.4. The molecule has 8 heteroatoms. The molecule has 28 heavy (non-hydrogen) atoms. The van der Waals surface area contributed by atoms with Crippen molar-refractivity contribution in [3.8, 4) is 0 Å².